The fourth-order valence-corrected chi connectivity index (χ4v) is 9.50. The van der Waals surface area contributed by atoms with Crippen LogP contribution in [0.25, 0.3) is 127 Å². The van der Waals surface area contributed by atoms with E-state index >= 15 is 0 Å². The van der Waals surface area contributed by atoms with E-state index in [0.717, 1.165) is 77.2 Å². The Kier molecular flexibility index (Phi) is 7.54. The fraction of sp³-hybridized carbons (Fsp3) is 0. The van der Waals surface area contributed by atoms with Crippen LogP contribution in [0.1, 0.15) is 0 Å². The molecular weight excluding hydrogens is 757 g/mol. The van der Waals surface area contributed by atoms with Crippen LogP contribution in [0.5, 0.6) is 0 Å². The number of furan rings is 1. The molecule has 10 aromatic carbocycles. The minimum absolute atomic E-state index is 0.600. The molecular formula is C57H34N4O. The van der Waals surface area contributed by atoms with Crippen LogP contribution in [0.2, 0.25) is 0 Å². The highest BCUT2D eigenvalue weighted by molar-refractivity contribution is 6.25. The van der Waals surface area contributed by atoms with Crippen molar-refractivity contribution in [2.75, 3.05) is 0 Å². The monoisotopic (exact) mass is 790 g/mol. The summed E-state index contributed by atoms with van der Waals surface area (Å²) in [7, 11) is 0. The van der Waals surface area contributed by atoms with E-state index in [4.69, 9.17) is 19.4 Å². The lowest BCUT2D eigenvalue weighted by molar-refractivity contribution is 0.669. The molecule has 0 spiro atoms. The Bertz CT molecular complexity index is 3880. The van der Waals surface area contributed by atoms with Crippen LogP contribution in [0.3, 0.4) is 0 Å². The average molecular weight is 791 g/mol. The summed E-state index contributed by atoms with van der Waals surface area (Å²) in [5.74, 6) is 1.82. The van der Waals surface area contributed by atoms with Crippen LogP contribution in [0.15, 0.2) is 211 Å². The third kappa shape index (κ3) is 5.38. The van der Waals surface area contributed by atoms with Crippen molar-refractivity contribution >= 4 is 76.1 Å². The number of benzene rings is 10. The van der Waals surface area contributed by atoms with Crippen molar-refractivity contribution in [3.8, 4) is 51.0 Å². The Morgan fingerprint density at radius 1 is 0.274 bits per heavy atom. The lowest BCUT2D eigenvalue weighted by Crippen LogP contribution is -2.00. The third-order valence-electron chi connectivity index (χ3n) is 12.4. The van der Waals surface area contributed by atoms with Gasteiger partial charge in [-0.1, -0.05) is 146 Å². The van der Waals surface area contributed by atoms with Gasteiger partial charge in [0.2, 0.25) is 0 Å². The minimum Gasteiger partial charge on any atom is -0.456 e. The molecule has 0 saturated heterocycles. The van der Waals surface area contributed by atoms with E-state index in [1.165, 1.54) is 32.3 Å². The summed E-state index contributed by atoms with van der Waals surface area (Å²) >= 11 is 0. The fourth-order valence-electron chi connectivity index (χ4n) is 9.50. The Morgan fingerprint density at radius 3 is 1.45 bits per heavy atom. The van der Waals surface area contributed by atoms with E-state index in [9.17, 15) is 0 Å². The highest BCUT2D eigenvalue weighted by Crippen LogP contribution is 2.40. The molecule has 0 radical (unpaired) electrons. The minimum atomic E-state index is 0.600. The number of fused-ring (bicyclic) bond motifs is 12. The average Bonchev–Trinajstić information content (AvgIpc) is 3.89. The molecule has 3 heterocycles. The van der Waals surface area contributed by atoms with Gasteiger partial charge in [-0.05, 0) is 104 Å². The molecule has 0 saturated carbocycles. The Hall–Kier alpha value is -8.41. The van der Waals surface area contributed by atoms with Crippen LogP contribution < -0.4 is 0 Å². The second-order valence-electron chi connectivity index (χ2n) is 16.0. The van der Waals surface area contributed by atoms with Crippen LogP contribution in [0, 0.1) is 0 Å². The molecule has 0 bridgehead atoms. The van der Waals surface area contributed by atoms with Crippen LogP contribution in [0.4, 0.5) is 0 Å². The van der Waals surface area contributed by atoms with Gasteiger partial charge in [-0.15, -0.1) is 0 Å². The van der Waals surface area contributed by atoms with Gasteiger partial charge in [-0.2, -0.15) is 0 Å². The third-order valence-corrected chi connectivity index (χ3v) is 12.4. The van der Waals surface area contributed by atoms with E-state index in [2.05, 4.69) is 174 Å². The first kappa shape index (κ1) is 34.5. The molecule has 0 N–H and O–H groups in total. The SMILES string of the molecule is c1ccc(-c2ccc(-c3nc(-c4ccc5oc6ccccc6c5c4)nc(-c4ccc5c(c4)c4ccccc4n5-c4ccc5c6ccccc6c6ccccc6c5c4)n3)cc2)cc1. The molecule has 0 aliphatic rings. The zero-order chi connectivity index (χ0) is 40.7. The number of hydrogen-bond donors (Lipinski definition) is 0. The predicted octanol–water partition coefficient (Wildman–Crippen LogP) is 15.0. The van der Waals surface area contributed by atoms with Crippen LogP contribution >= 0.6 is 0 Å². The van der Waals surface area contributed by atoms with E-state index in [-0.39, 0.29) is 0 Å². The van der Waals surface area contributed by atoms with Gasteiger partial charge in [0, 0.05) is 43.9 Å². The van der Waals surface area contributed by atoms with Gasteiger partial charge in [0.25, 0.3) is 0 Å². The van der Waals surface area contributed by atoms with Crippen molar-refractivity contribution in [3.63, 3.8) is 0 Å². The molecule has 0 aliphatic carbocycles. The number of hydrogen-bond acceptors (Lipinski definition) is 4. The maximum atomic E-state index is 6.19. The van der Waals surface area contributed by atoms with E-state index < -0.39 is 0 Å². The summed E-state index contributed by atoms with van der Waals surface area (Å²) in [6, 6.07) is 72.9. The topological polar surface area (TPSA) is 56.7 Å². The number of nitrogens with zero attached hydrogens (tertiary/aromatic N) is 4. The lowest BCUT2D eigenvalue weighted by Gasteiger charge is -2.14. The molecule has 288 valence electrons. The zero-order valence-electron chi connectivity index (χ0n) is 33.3. The molecule has 5 nitrogen and oxygen atoms in total. The summed E-state index contributed by atoms with van der Waals surface area (Å²) in [4.78, 5) is 15.5. The number of para-hydroxylation sites is 2. The van der Waals surface area contributed by atoms with Gasteiger partial charge in [-0.25, -0.2) is 15.0 Å². The Balaban J connectivity index is 0.994. The van der Waals surface area contributed by atoms with E-state index in [0.29, 0.717) is 17.5 Å². The molecule has 13 aromatic rings. The smallest absolute Gasteiger partial charge is 0.164 e. The van der Waals surface area contributed by atoms with Crippen molar-refractivity contribution < 1.29 is 4.42 Å². The van der Waals surface area contributed by atoms with Crippen molar-refractivity contribution in [2.45, 2.75) is 0 Å². The molecule has 0 unspecified atom stereocenters. The molecule has 0 aliphatic heterocycles. The van der Waals surface area contributed by atoms with Crippen molar-refractivity contribution in [1.82, 2.24) is 19.5 Å². The normalized spacial score (nSPS) is 11.9. The Morgan fingerprint density at radius 2 is 0.742 bits per heavy atom. The van der Waals surface area contributed by atoms with Crippen molar-refractivity contribution in [3.05, 3.63) is 206 Å². The van der Waals surface area contributed by atoms with E-state index in [1.807, 2.05) is 36.4 Å². The summed E-state index contributed by atoms with van der Waals surface area (Å²) in [6.45, 7) is 0. The summed E-state index contributed by atoms with van der Waals surface area (Å²) in [6.07, 6.45) is 0. The van der Waals surface area contributed by atoms with Gasteiger partial charge >= 0.3 is 0 Å². The first-order valence-corrected chi connectivity index (χ1v) is 20.9. The van der Waals surface area contributed by atoms with Gasteiger partial charge in [0.15, 0.2) is 17.5 Å². The highest BCUT2D eigenvalue weighted by Gasteiger charge is 2.19. The summed E-state index contributed by atoms with van der Waals surface area (Å²) in [5.41, 5.74) is 10.1. The van der Waals surface area contributed by atoms with Crippen molar-refractivity contribution in [1.29, 1.82) is 0 Å². The lowest BCUT2D eigenvalue weighted by atomic mass is 9.94. The number of aromatic nitrogens is 4. The molecule has 62 heavy (non-hydrogen) atoms. The molecule has 13 rings (SSSR count). The Labute approximate surface area is 355 Å². The number of rotatable bonds is 5. The molecule has 0 amide bonds. The predicted molar refractivity (Wildman–Crippen MR) is 256 cm³/mol. The first-order valence-electron chi connectivity index (χ1n) is 20.9. The highest BCUT2D eigenvalue weighted by atomic mass is 16.3. The summed E-state index contributed by atoms with van der Waals surface area (Å²) < 4.78 is 8.58. The first-order chi connectivity index (χ1) is 30.7. The van der Waals surface area contributed by atoms with Gasteiger partial charge in [0.05, 0.1) is 11.0 Å². The second kappa shape index (κ2) is 13.6. The zero-order valence-corrected chi connectivity index (χ0v) is 33.3. The molecule has 0 fully saturated rings. The standard InChI is InChI=1S/C57H34N4O/c1-2-12-35(13-3-1)36-22-24-37(25-23-36)55-58-56(60-57(59-55)39-27-31-54-50(33-39)47-19-9-11-21-53(47)62-54)38-26-30-52-49(32-38)46-18-8-10-20-51(46)61(52)40-28-29-45-43-16-5-4-14-41(43)42-15-6-7-17-44(42)48(45)34-40/h1-34H. The van der Waals surface area contributed by atoms with Crippen LogP contribution in [-0.4, -0.2) is 19.5 Å². The van der Waals surface area contributed by atoms with Gasteiger partial charge < -0.3 is 8.98 Å². The molecule has 3 aromatic heterocycles. The van der Waals surface area contributed by atoms with E-state index in [1.54, 1.807) is 0 Å². The van der Waals surface area contributed by atoms with Crippen LogP contribution in [-0.2, 0) is 0 Å². The maximum absolute atomic E-state index is 6.19. The van der Waals surface area contributed by atoms with Crippen molar-refractivity contribution in [2.24, 2.45) is 0 Å². The molecule has 5 heteroatoms. The van der Waals surface area contributed by atoms with Gasteiger partial charge in [0.1, 0.15) is 11.2 Å². The second-order valence-corrected chi connectivity index (χ2v) is 16.0. The largest absolute Gasteiger partial charge is 0.456 e. The van der Waals surface area contributed by atoms with Gasteiger partial charge in [-0.3, -0.25) is 0 Å². The maximum Gasteiger partial charge on any atom is 0.164 e. The molecule has 0 atom stereocenters. The summed E-state index contributed by atoms with van der Waals surface area (Å²) in [5, 5.41) is 11.9. The quantitative estimate of drug-likeness (QED) is 0.163.